The van der Waals surface area contributed by atoms with E-state index in [1.807, 2.05) is 0 Å². The molecule has 3 nitrogen and oxygen atoms in total. The Hall–Kier alpha value is -0.900. The first kappa shape index (κ1) is 14.5. The maximum atomic E-state index is 5.66. The predicted molar refractivity (Wildman–Crippen MR) is 79.2 cm³/mol. The van der Waals surface area contributed by atoms with E-state index in [2.05, 4.69) is 55.4 Å². The number of likely N-dealkylation sites (N-methyl/N-ethyl adjacent to an activating group) is 1. The zero-order chi connectivity index (χ0) is 13.7. The van der Waals surface area contributed by atoms with E-state index in [-0.39, 0.29) is 0 Å². The highest BCUT2D eigenvalue weighted by Gasteiger charge is 2.19. The van der Waals surface area contributed by atoms with Crippen LogP contribution < -0.4 is 5.32 Å². The predicted octanol–water partition coefficient (Wildman–Crippen LogP) is 2.58. The fourth-order valence-electron chi connectivity index (χ4n) is 2.50. The Morgan fingerprint density at radius 3 is 3.00 bits per heavy atom. The molecule has 106 valence electrons. The van der Waals surface area contributed by atoms with Crippen LogP contribution in [0.5, 0.6) is 0 Å². The second kappa shape index (κ2) is 7.04. The van der Waals surface area contributed by atoms with Gasteiger partial charge in [0.2, 0.25) is 0 Å². The molecule has 19 heavy (non-hydrogen) atoms. The van der Waals surface area contributed by atoms with Gasteiger partial charge in [-0.2, -0.15) is 0 Å². The minimum Gasteiger partial charge on any atom is -0.375 e. The van der Waals surface area contributed by atoms with Gasteiger partial charge in [0.1, 0.15) is 0 Å². The first-order valence-corrected chi connectivity index (χ1v) is 7.31. The summed E-state index contributed by atoms with van der Waals surface area (Å²) in [7, 11) is 2.20. The van der Waals surface area contributed by atoms with Gasteiger partial charge in [0.05, 0.1) is 19.3 Å². The number of rotatable bonds is 6. The highest BCUT2D eigenvalue weighted by Crippen LogP contribution is 2.24. The molecule has 1 heterocycles. The summed E-state index contributed by atoms with van der Waals surface area (Å²) in [5, 5.41) is 3.62. The van der Waals surface area contributed by atoms with Gasteiger partial charge in [0.25, 0.3) is 0 Å². The molecule has 0 spiro atoms. The fraction of sp³-hybridized carbons (Fsp3) is 0.625. The molecule has 0 radical (unpaired) electrons. The molecule has 2 unspecified atom stereocenters. The third kappa shape index (κ3) is 3.78. The minimum atomic E-state index is 0.343. The first-order valence-electron chi connectivity index (χ1n) is 7.31. The van der Waals surface area contributed by atoms with Crippen LogP contribution in [0.2, 0.25) is 0 Å². The standard InChI is InChI=1S/C16H26N2O/c1-4-13(2)18(3)10-9-17-16-12-19-11-14-7-5-6-8-15(14)16/h5-8,13,16-17H,4,9-12H2,1-3H3. The van der Waals surface area contributed by atoms with Crippen LogP contribution in [0.1, 0.15) is 37.4 Å². The highest BCUT2D eigenvalue weighted by molar-refractivity contribution is 5.30. The van der Waals surface area contributed by atoms with E-state index in [1.54, 1.807) is 0 Å². The zero-order valence-corrected chi connectivity index (χ0v) is 12.4. The molecule has 0 saturated carbocycles. The van der Waals surface area contributed by atoms with Gasteiger partial charge in [-0.15, -0.1) is 0 Å². The Kier molecular flexibility index (Phi) is 5.37. The second-order valence-electron chi connectivity index (χ2n) is 5.46. The number of hydrogen-bond acceptors (Lipinski definition) is 3. The molecule has 0 saturated heterocycles. The molecular weight excluding hydrogens is 236 g/mol. The van der Waals surface area contributed by atoms with Crippen LogP contribution in [0.4, 0.5) is 0 Å². The summed E-state index contributed by atoms with van der Waals surface area (Å²) < 4.78 is 5.66. The zero-order valence-electron chi connectivity index (χ0n) is 12.4. The van der Waals surface area contributed by atoms with Crippen molar-refractivity contribution in [3.05, 3.63) is 35.4 Å². The lowest BCUT2D eigenvalue weighted by atomic mass is 9.99. The average Bonchev–Trinajstić information content (AvgIpc) is 2.46. The molecule has 0 bridgehead atoms. The quantitative estimate of drug-likeness (QED) is 0.853. The molecule has 0 amide bonds. The Balaban J connectivity index is 1.84. The van der Waals surface area contributed by atoms with Gasteiger partial charge in [0, 0.05) is 19.1 Å². The van der Waals surface area contributed by atoms with Gasteiger partial charge in [0.15, 0.2) is 0 Å². The van der Waals surface area contributed by atoms with E-state index < -0.39 is 0 Å². The fourth-order valence-corrected chi connectivity index (χ4v) is 2.50. The van der Waals surface area contributed by atoms with Crippen molar-refractivity contribution >= 4 is 0 Å². The van der Waals surface area contributed by atoms with Crippen molar-refractivity contribution in [2.75, 3.05) is 26.7 Å². The summed E-state index contributed by atoms with van der Waals surface area (Å²) in [6, 6.07) is 9.57. The van der Waals surface area contributed by atoms with E-state index in [0.29, 0.717) is 12.1 Å². The van der Waals surface area contributed by atoms with E-state index in [9.17, 15) is 0 Å². The summed E-state index contributed by atoms with van der Waals surface area (Å²) >= 11 is 0. The van der Waals surface area contributed by atoms with Gasteiger partial charge in [-0.25, -0.2) is 0 Å². The summed E-state index contributed by atoms with van der Waals surface area (Å²) in [5.41, 5.74) is 2.72. The molecule has 1 aromatic carbocycles. The lowest BCUT2D eigenvalue weighted by Gasteiger charge is -2.28. The second-order valence-corrected chi connectivity index (χ2v) is 5.46. The topological polar surface area (TPSA) is 24.5 Å². The number of hydrogen-bond donors (Lipinski definition) is 1. The van der Waals surface area contributed by atoms with Crippen molar-refractivity contribution in [1.82, 2.24) is 10.2 Å². The molecule has 1 aromatic rings. The molecule has 3 heteroatoms. The van der Waals surface area contributed by atoms with Crippen molar-refractivity contribution in [2.24, 2.45) is 0 Å². The van der Waals surface area contributed by atoms with Crippen LogP contribution in [-0.4, -0.2) is 37.7 Å². The number of benzene rings is 1. The van der Waals surface area contributed by atoms with E-state index in [4.69, 9.17) is 4.74 Å². The molecule has 0 aromatic heterocycles. The molecular formula is C16H26N2O. The largest absolute Gasteiger partial charge is 0.375 e. The van der Waals surface area contributed by atoms with Gasteiger partial charge >= 0.3 is 0 Å². The Labute approximate surface area is 116 Å². The molecule has 2 atom stereocenters. The number of fused-ring (bicyclic) bond motifs is 1. The van der Waals surface area contributed by atoms with Crippen molar-refractivity contribution in [2.45, 2.75) is 39.0 Å². The summed E-state index contributed by atoms with van der Waals surface area (Å²) in [6.07, 6.45) is 1.20. The Bertz CT molecular complexity index is 394. The molecule has 1 aliphatic heterocycles. The smallest absolute Gasteiger partial charge is 0.0721 e. The molecule has 2 rings (SSSR count). The van der Waals surface area contributed by atoms with Crippen molar-refractivity contribution in [1.29, 1.82) is 0 Å². The monoisotopic (exact) mass is 262 g/mol. The van der Waals surface area contributed by atoms with Crippen LogP contribution in [-0.2, 0) is 11.3 Å². The molecule has 0 fully saturated rings. The molecule has 1 N–H and O–H groups in total. The molecule has 0 aliphatic carbocycles. The Morgan fingerprint density at radius 2 is 2.21 bits per heavy atom. The summed E-state index contributed by atoms with van der Waals surface area (Å²) in [4.78, 5) is 2.41. The van der Waals surface area contributed by atoms with Crippen LogP contribution >= 0.6 is 0 Å². The SMILES string of the molecule is CCC(C)N(C)CCNC1COCc2ccccc21. The van der Waals surface area contributed by atoms with Crippen LogP contribution in [0.25, 0.3) is 0 Å². The third-order valence-corrected chi connectivity index (χ3v) is 4.17. The van der Waals surface area contributed by atoms with Gasteiger partial charge in [-0.1, -0.05) is 31.2 Å². The Morgan fingerprint density at radius 1 is 1.42 bits per heavy atom. The lowest BCUT2D eigenvalue weighted by Crippen LogP contribution is -2.38. The maximum Gasteiger partial charge on any atom is 0.0721 e. The average molecular weight is 262 g/mol. The first-order chi connectivity index (χ1) is 9.22. The van der Waals surface area contributed by atoms with Gasteiger partial charge in [-0.3, -0.25) is 0 Å². The third-order valence-electron chi connectivity index (χ3n) is 4.17. The van der Waals surface area contributed by atoms with Crippen LogP contribution in [0, 0.1) is 0 Å². The van der Waals surface area contributed by atoms with E-state index >= 15 is 0 Å². The number of ether oxygens (including phenoxy) is 1. The lowest BCUT2D eigenvalue weighted by molar-refractivity contribution is 0.0810. The van der Waals surface area contributed by atoms with Crippen molar-refractivity contribution in [3.8, 4) is 0 Å². The normalized spacial score (nSPS) is 20.3. The van der Waals surface area contributed by atoms with Gasteiger partial charge in [-0.05, 0) is 31.5 Å². The summed E-state index contributed by atoms with van der Waals surface area (Å²) in [6.45, 7) is 8.13. The van der Waals surface area contributed by atoms with E-state index in [0.717, 1.165) is 26.3 Å². The van der Waals surface area contributed by atoms with Crippen molar-refractivity contribution in [3.63, 3.8) is 0 Å². The van der Waals surface area contributed by atoms with Gasteiger partial charge < -0.3 is 15.0 Å². The minimum absolute atomic E-state index is 0.343. The molecule has 1 aliphatic rings. The number of nitrogens with one attached hydrogen (secondary N) is 1. The summed E-state index contributed by atoms with van der Waals surface area (Å²) in [5.74, 6) is 0. The maximum absolute atomic E-state index is 5.66. The van der Waals surface area contributed by atoms with Crippen molar-refractivity contribution < 1.29 is 4.74 Å². The van der Waals surface area contributed by atoms with Crippen LogP contribution in [0.15, 0.2) is 24.3 Å². The van der Waals surface area contributed by atoms with E-state index in [1.165, 1.54) is 17.5 Å². The number of nitrogens with zero attached hydrogens (tertiary/aromatic N) is 1. The van der Waals surface area contributed by atoms with Crippen LogP contribution in [0.3, 0.4) is 0 Å². The highest BCUT2D eigenvalue weighted by atomic mass is 16.5.